The van der Waals surface area contributed by atoms with Crippen molar-refractivity contribution in [1.29, 1.82) is 0 Å². The zero-order valence-electron chi connectivity index (χ0n) is 13.5. The summed E-state index contributed by atoms with van der Waals surface area (Å²) in [6.07, 6.45) is 4.60. The SMILES string of the molecule is CCCCCNC(=O)c1ccnc(C(=O)Nc2ccccc2Br)c1. The monoisotopic (exact) mass is 389 g/mol. The summed E-state index contributed by atoms with van der Waals surface area (Å²) < 4.78 is 0.781. The molecule has 1 aromatic carbocycles. The standard InChI is InChI=1S/C18H20BrN3O2/c1-2-3-6-10-21-17(23)13-9-11-20-16(12-13)18(24)22-15-8-5-4-7-14(15)19/h4-5,7-9,11-12H,2-3,6,10H2,1H3,(H,21,23)(H,22,24). The number of nitrogens with zero attached hydrogens (tertiary/aromatic N) is 1. The van der Waals surface area contributed by atoms with Gasteiger partial charge in [0, 0.05) is 22.8 Å². The Bertz CT molecular complexity index is 719. The Morgan fingerprint density at radius 2 is 1.92 bits per heavy atom. The Kier molecular flexibility index (Phi) is 6.93. The van der Waals surface area contributed by atoms with Crippen LogP contribution in [0.25, 0.3) is 0 Å². The Labute approximate surface area is 150 Å². The normalized spacial score (nSPS) is 10.2. The second kappa shape index (κ2) is 9.17. The minimum absolute atomic E-state index is 0.191. The van der Waals surface area contributed by atoms with Gasteiger partial charge in [-0.15, -0.1) is 0 Å². The van der Waals surface area contributed by atoms with Crippen LogP contribution in [-0.4, -0.2) is 23.3 Å². The predicted octanol–water partition coefficient (Wildman–Crippen LogP) is 4.02. The molecule has 0 aliphatic rings. The number of hydrogen-bond donors (Lipinski definition) is 2. The number of hydrogen-bond acceptors (Lipinski definition) is 3. The van der Waals surface area contributed by atoms with Crippen molar-refractivity contribution in [3.8, 4) is 0 Å². The van der Waals surface area contributed by atoms with Gasteiger partial charge in [0.2, 0.25) is 0 Å². The topological polar surface area (TPSA) is 71.1 Å². The number of unbranched alkanes of at least 4 members (excludes halogenated alkanes) is 2. The minimum atomic E-state index is -0.359. The quantitative estimate of drug-likeness (QED) is 0.702. The molecule has 5 nitrogen and oxygen atoms in total. The number of pyridine rings is 1. The lowest BCUT2D eigenvalue weighted by Gasteiger charge is -2.08. The molecule has 0 radical (unpaired) electrons. The van der Waals surface area contributed by atoms with Crippen molar-refractivity contribution in [3.05, 3.63) is 58.3 Å². The predicted molar refractivity (Wildman–Crippen MR) is 98.2 cm³/mol. The maximum absolute atomic E-state index is 12.3. The number of carbonyl (C=O) groups excluding carboxylic acids is 2. The highest BCUT2D eigenvalue weighted by Crippen LogP contribution is 2.21. The van der Waals surface area contributed by atoms with Crippen LogP contribution in [0.5, 0.6) is 0 Å². The lowest BCUT2D eigenvalue weighted by Crippen LogP contribution is -2.25. The highest BCUT2D eigenvalue weighted by molar-refractivity contribution is 9.10. The van der Waals surface area contributed by atoms with E-state index in [1.807, 2.05) is 18.2 Å². The molecule has 0 unspecified atom stereocenters. The van der Waals surface area contributed by atoms with E-state index in [0.717, 1.165) is 23.7 Å². The molecule has 1 heterocycles. The van der Waals surface area contributed by atoms with Crippen LogP contribution in [0.2, 0.25) is 0 Å². The fourth-order valence-electron chi connectivity index (χ4n) is 2.12. The molecule has 2 N–H and O–H groups in total. The molecule has 0 bridgehead atoms. The lowest BCUT2D eigenvalue weighted by atomic mass is 10.2. The average molecular weight is 390 g/mol. The van der Waals surface area contributed by atoms with E-state index >= 15 is 0 Å². The molecule has 2 rings (SSSR count). The Morgan fingerprint density at radius 1 is 1.12 bits per heavy atom. The summed E-state index contributed by atoms with van der Waals surface area (Å²) >= 11 is 3.38. The summed E-state index contributed by atoms with van der Waals surface area (Å²) in [7, 11) is 0. The number of amides is 2. The number of carbonyl (C=O) groups is 2. The molecular formula is C18H20BrN3O2. The molecular weight excluding hydrogens is 370 g/mol. The summed E-state index contributed by atoms with van der Waals surface area (Å²) in [5, 5.41) is 5.63. The summed E-state index contributed by atoms with van der Waals surface area (Å²) in [6, 6.07) is 10.4. The van der Waals surface area contributed by atoms with Crippen LogP contribution in [0.4, 0.5) is 5.69 Å². The van der Waals surface area contributed by atoms with E-state index in [9.17, 15) is 9.59 Å². The molecule has 0 spiro atoms. The van der Waals surface area contributed by atoms with Crippen molar-refractivity contribution in [2.45, 2.75) is 26.2 Å². The molecule has 2 amide bonds. The summed E-state index contributed by atoms with van der Waals surface area (Å²) in [4.78, 5) is 28.5. The number of halogens is 1. The first-order valence-electron chi connectivity index (χ1n) is 7.92. The largest absolute Gasteiger partial charge is 0.352 e. The summed E-state index contributed by atoms with van der Waals surface area (Å²) in [5.41, 5.74) is 1.28. The molecule has 0 saturated heterocycles. The molecule has 24 heavy (non-hydrogen) atoms. The van der Waals surface area contributed by atoms with E-state index in [1.165, 1.54) is 12.3 Å². The van der Waals surface area contributed by atoms with Crippen molar-refractivity contribution in [2.24, 2.45) is 0 Å². The highest BCUT2D eigenvalue weighted by Gasteiger charge is 2.12. The van der Waals surface area contributed by atoms with Gasteiger partial charge >= 0.3 is 0 Å². The van der Waals surface area contributed by atoms with E-state index < -0.39 is 0 Å². The van der Waals surface area contributed by atoms with Gasteiger partial charge in [0.15, 0.2) is 0 Å². The first kappa shape index (κ1) is 18.1. The van der Waals surface area contributed by atoms with Gasteiger partial charge in [-0.3, -0.25) is 14.6 Å². The molecule has 0 saturated carbocycles. The molecule has 0 aliphatic heterocycles. The number of para-hydroxylation sites is 1. The minimum Gasteiger partial charge on any atom is -0.352 e. The van der Waals surface area contributed by atoms with Gasteiger partial charge in [0.05, 0.1) is 5.69 Å². The molecule has 6 heteroatoms. The summed E-state index contributed by atoms with van der Waals surface area (Å²) in [5.74, 6) is -0.550. The molecule has 126 valence electrons. The third kappa shape index (κ3) is 5.16. The van der Waals surface area contributed by atoms with Crippen molar-refractivity contribution in [2.75, 3.05) is 11.9 Å². The number of rotatable bonds is 7. The molecule has 2 aromatic rings. The zero-order valence-corrected chi connectivity index (χ0v) is 15.1. The van der Waals surface area contributed by atoms with Gasteiger partial charge in [-0.2, -0.15) is 0 Å². The van der Waals surface area contributed by atoms with Crippen LogP contribution in [0.15, 0.2) is 47.1 Å². The van der Waals surface area contributed by atoms with Crippen molar-refractivity contribution in [1.82, 2.24) is 10.3 Å². The van der Waals surface area contributed by atoms with Gasteiger partial charge in [0.1, 0.15) is 5.69 Å². The van der Waals surface area contributed by atoms with Crippen molar-refractivity contribution < 1.29 is 9.59 Å². The fourth-order valence-corrected chi connectivity index (χ4v) is 2.51. The van der Waals surface area contributed by atoms with Gasteiger partial charge < -0.3 is 10.6 Å². The third-order valence-corrected chi connectivity index (χ3v) is 4.13. The van der Waals surface area contributed by atoms with Gasteiger partial charge in [-0.05, 0) is 46.6 Å². The maximum Gasteiger partial charge on any atom is 0.274 e. The Balaban J connectivity index is 2.02. The van der Waals surface area contributed by atoms with Gasteiger partial charge in [0.25, 0.3) is 11.8 Å². The molecule has 0 atom stereocenters. The third-order valence-electron chi connectivity index (χ3n) is 3.44. The molecule has 1 aromatic heterocycles. The van der Waals surface area contributed by atoms with E-state index in [-0.39, 0.29) is 17.5 Å². The second-order valence-electron chi connectivity index (χ2n) is 5.33. The van der Waals surface area contributed by atoms with Gasteiger partial charge in [-0.25, -0.2) is 0 Å². The number of benzene rings is 1. The van der Waals surface area contributed by atoms with Crippen LogP contribution in [0, 0.1) is 0 Å². The van der Waals surface area contributed by atoms with Crippen molar-refractivity contribution >= 4 is 33.4 Å². The van der Waals surface area contributed by atoms with Crippen LogP contribution in [0.3, 0.4) is 0 Å². The molecule has 0 aliphatic carbocycles. The first-order valence-corrected chi connectivity index (χ1v) is 8.71. The number of anilines is 1. The highest BCUT2D eigenvalue weighted by atomic mass is 79.9. The fraction of sp³-hybridized carbons (Fsp3) is 0.278. The Morgan fingerprint density at radius 3 is 2.67 bits per heavy atom. The summed E-state index contributed by atoms with van der Waals surface area (Å²) in [6.45, 7) is 2.74. The smallest absolute Gasteiger partial charge is 0.274 e. The van der Waals surface area contributed by atoms with Crippen LogP contribution in [-0.2, 0) is 0 Å². The molecule has 0 fully saturated rings. The Hall–Kier alpha value is -2.21. The van der Waals surface area contributed by atoms with E-state index in [4.69, 9.17) is 0 Å². The number of aromatic nitrogens is 1. The lowest BCUT2D eigenvalue weighted by molar-refractivity contribution is 0.0953. The van der Waals surface area contributed by atoms with Crippen LogP contribution in [0.1, 0.15) is 47.0 Å². The van der Waals surface area contributed by atoms with E-state index in [2.05, 4.69) is 38.5 Å². The first-order chi connectivity index (χ1) is 11.6. The maximum atomic E-state index is 12.3. The zero-order chi connectivity index (χ0) is 17.4. The van der Waals surface area contributed by atoms with Gasteiger partial charge in [-0.1, -0.05) is 31.9 Å². The van der Waals surface area contributed by atoms with Crippen LogP contribution >= 0.6 is 15.9 Å². The number of nitrogens with one attached hydrogen (secondary N) is 2. The van der Waals surface area contributed by atoms with E-state index in [0.29, 0.717) is 17.8 Å². The van der Waals surface area contributed by atoms with Crippen molar-refractivity contribution in [3.63, 3.8) is 0 Å². The average Bonchev–Trinajstić information content (AvgIpc) is 2.60. The van der Waals surface area contributed by atoms with Crippen LogP contribution < -0.4 is 10.6 Å². The second-order valence-corrected chi connectivity index (χ2v) is 6.18. The van der Waals surface area contributed by atoms with E-state index in [1.54, 1.807) is 12.1 Å².